The molecular formula is C8H8BrFO. The van der Waals surface area contributed by atoms with E-state index in [1.807, 2.05) is 0 Å². The molecule has 0 aliphatic heterocycles. The molecule has 0 saturated carbocycles. The van der Waals surface area contributed by atoms with Gasteiger partial charge in [-0.1, -0.05) is 15.9 Å². The Kier molecular flexibility index (Phi) is 2.62. The van der Waals surface area contributed by atoms with Crippen molar-refractivity contribution >= 4 is 15.9 Å². The highest BCUT2D eigenvalue weighted by Crippen LogP contribution is 2.19. The van der Waals surface area contributed by atoms with Gasteiger partial charge in [-0.2, -0.15) is 0 Å². The molecular weight excluding hydrogens is 211 g/mol. The van der Waals surface area contributed by atoms with Gasteiger partial charge in [0.05, 0.1) is 6.61 Å². The third-order valence-corrected chi connectivity index (χ3v) is 2.04. The molecule has 0 amide bonds. The lowest BCUT2D eigenvalue weighted by Crippen LogP contribution is -1.92. The fourth-order valence-corrected chi connectivity index (χ4v) is 1.34. The fraction of sp³-hybridized carbons (Fsp3) is 0.250. The minimum Gasteiger partial charge on any atom is -0.392 e. The number of hydrogen-bond donors (Lipinski definition) is 1. The van der Waals surface area contributed by atoms with Crippen LogP contribution in [0, 0.1) is 12.7 Å². The number of aliphatic hydroxyl groups excluding tert-OH is 1. The summed E-state index contributed by atoms with van der Waals surface area (Å²) in [6, 6.07) is 3.09. The lowest BCUT2D eigenvalue weighted by atomic mass is 10.1. The van der Waals surface area contributed by atoms with Crippen LogP contribution in [0.2, 0.25) is 0 Å². The van der Waals surface area contributed by atoms with E-state index in [1.54, 1.807) is 13.0 Å². The van der Waals surface area contributed by atoms with Crippen LogP contribution in [0.15, 0.2) is 16.6 Å². The fourth-order valence-electron chi connectivity index (χ4n) is 0.863. The molecule has 0 atom stereocenters. The van der Waals surface area contributed by atoms with Gasteiger partial charge >= 0.3 is 0 Å². The molecule has 0 heterocycles. The largest absolute Gasteiger partial charge is 0.392 e. The van der Waals surface area contributed by atoms with Crippen molar-refractivity contribution in [1.82, 2.24) is 0 Å². The van der Waals surface area contributed by atoms with E-state index in [4.69, 9.17) is 5.11 Å². The minimum atomic E-state index is -0.288. The Morgan fingerprint density at radius 2 is 2.18 bits per heavy atom. The van der Waals surface area contributed by atoms with Gasteiger partial charge in [-0.05, 0) is 30.2 Å². The third kappa shape index (κ3) is 1.79. The van der Waals surface area contributed by atoms with Crippen molar-refractivity contribution in [3.8, 4) is 0 Å². The lowest BCUT2D eigenvalue weighted by Gasteiger charge is -2.03. The molecule has 11 heavy (non-hydrogen) atoms. The summed E-state index contributed by atoms with van der Waals surface area (Å²) < 4.78 is 13.5. The highest BCUT2D eigenvalue weighted by atomic mass is 79.9. The molecule has 0 fully saturated rings. The second-order valence-electron chi connectivity index (χ2n) is 2.33. The zero-order valence-corrected chi connectivity index (χ0v) is 7.65. The summed E-state index contributed by atoms with van der Waals surface area (Å²) in [6.45, 7) is 1.52. The maximum atomic E-state index is 12.9. The van der Waals surface area contributed by atoms with Gasteiger partial charge in [-0.25, -0.2) is 4.39 Å². The van der Waals surface area contributed by atoms with E-state index < -0.39 is 0 Å². The number of benzene rings is 1. The van der Waals surface area contributed by atoms with Gasteiger partial charge in [0.1, 0.15) is 5.82 Å². The average Bonchev–Trinajstić information content (AvgIpc) is 1.96. The van der Waals surface area contributed by atoms with E-state index in [-0.39, 0.29) is 12.4 Å². The second-order valence-corrected chi connectivity index (χ2v) is 3.25. The van der Waals surface area contributed by atoms with Gasteiger partial charge in [0.25, 0.3) is 0 Å². The van der Waals surface area contributed by atoms with Crippen molar-refractivity contribution in [1.29, 1.82) is 0 Å². The molecule has 0 saturated heterocycles. The van der Waals surface area contributed by atoms with Crippen LogP contribution in [0.3, 0.4) is 0 Å². The smallest absolute Gasteiger partial charge is 0.127 e. The van der Waals surface area contributed by atoms with Crippen LogP contribution in [0.25, 0.3) is 0 Å². The summed E-state index contributed by atoms with van der Waals surface area (Å²) in [5, 5.41) is 8.78. The van der Waals surface area contributed by atoms with E-state index >= 15 is 0 Å². The Morgan fingerprint density at radius 1 is 1.55 bits per heavy atom. The summed E-state index contributed by atoms with van der Waals surface area (Å²) in [6.07, 6.45) is 0. The molecule has 1 rings (SSSR count). The van der Waals surface area contributed by atoms with Crippen molar-refractivity contribution in [2.75, 3.05) is 0 Å². The van der Waals surface area contributed by atoms with E-state index in [9.17, 15) is 4.39 Å². The quantitative estimate of drug-likeness (QED) is 0.768. The average molecular weight is 219 g/mol. The van der Waals surface area contributed by atoms with Crippen LogP contribution in [0.1, 0.15) is 11.1 Å². The normalized spacial score (nSPS) is 10.2. The number of hydrogen-bond acceptors (Lipinski definition) is 1. The third-order valence-electron chi connectivity index (χ3n) is 1.59. The van der Waals surface area contributed by atoms with E-state index in [1.165, 1.54) is 6.07 Å². The highest BCUT2D eigenvalue weighted by Gasteiger charge is 2.03. The standard InChI is InChI=1S/C8H8BrFO/c1-5-6(4-11)2-7(9)3-8(5)10/h2-3,11H,4H2,1H3. The zero-order valence-electron chi connectivity index (χ0n) is 6.06. The Morgan fingerprint density at radius 3 is 2.73 bits per heavy atom. The van der Waals surface area contributed by atoms with Crippen molar-refractivity contribution in [2.24, 2.45) is 0 Å². The minimum absolute atomic E-state index is 0.123. The van der Waals surface area contributed by atoms with Gasteiger partial charge in [0.15, 0.2) is 0 Å². The molecule has 1 aromatic rings. The van der Waals surface area contributed by atoms with Gasteiger partial charge in [0, 0.05) is 4.47 Å². The monoisotopic (exact) mass is 218 g/mol. The molecule has 0 radical (unpaired) electrons. The van der Waals surface area contributed by atoms with Gasteiger partial charge in [-0.3, -0.25) is 0 Å². The number of aliphatic hydroxyl groups is 1. The van der Waals surface area contributed by atoms with E-state index in [0.717, 1.165) is 0 Å². The summed E-state index contributed by atoms with van der Waals surface area (Å²) in [5.74, 6) is -0.288. The Balaban J connectivity index is 3.24. The Hall–Kier alpha value is -0.410. The van der Waals surface area contributed by atoms with Crippen LogP contribution in [-0.2, 0) is 6.61 Å². The molecule has 1 N–H and O–H groups in total. The van der Waals surface area contributed by atoms with Gasteiger partial charge in [0.2, 0.25) is 0 Å². The number of rotatable bonds is 1. The van der Waals surface area contributed by atoms with Crippen molar-refractivity contribution < 1.29 is 9.50 Å². The molecule has 0 spiro atoms. The SMILES string of the molecule is Cc1c(F)cc(Br)cc1CO. The summed E-state index contributed by atoms with van der Waals surface area (Å²) in [5.41, 5.74) is 1.13. The molecule has 0 aliphatic carbocycles. The molecule has 60 valence electrons. The van der Waals surface area contributed by atoms with Crippen LogP contribution in [0.5, 0.6) is 0 Å². The summed E-state index contributed by atoms with van der Waals surface area (Å²) in [4.78, 5) is 0. The molecule has 3 heteroatoms. The highest BCUT2D eigenvalue weighted by molar-refractivity contribution is 9.10. The second kappa shape index (κ2) is 3.32. The van der Waals surface area contributed by atoms with Crippen LogP contribution >= 0.6 is 15.9 Å². The first-order valence-electron chi connectivity index (χ1n) is 3.20. The summed E-state index contributed by atoms with van der Waals surface area (Å²) in [7, 11) is 0. The first-order chi connectivity index (χ1) is 5.15. The predicted octanol–water partition coefficient (Wildman–Crippen LogP) is 2.39. The zero-order chi connectivity index (χ0) is 8.43. The lowest BCUT2D eigenvalue weighted by molar-refractivity contribution is 0.280. The number of halogens is 2. The van der Waals surface area contributed by atoms with Crippen molar-refractivity contribution in [2.45, 2.75) is 13.5 Å². The Bertz CT molecular complexity index is 273. The van der Waals surface area contributed by atoms with Crippen LogP contribution in [-0.4, -0.2) is 5.11 Å². The predicted molar refractivity (Wildman–Crippen MR) is 44.8 cm³/mol. The Labute approximate surface area is 73.0 Å². The van der Waals surface area contributed by atoms with Crippen LogP contribution in [0.4, 0.5) is 4.39 Å². The molecule has 0 aliphatic rings. The summed E-state index contributed by atoms with van der Waals surface area (Å²) >= 11 is 3.14. The van der Waals surface area contributed by atoms with E-state index in [0.29, 0.717) is 15.6 Å². The molecule has 0 unspecified atom stereocenters. The van der Waals surface area contributed by atoms with E-state index in [2.05, 4.69) is 15.9 Å². The van der Waals surface area contributed by atoms with Gasteiger partial charge < -0.3 is 5.11 Å². The van der Waals surface area contributed by atoms with Crippen LogP contribution < -0.4 is 0 Å². The first-order valence-corrected chi connectivity index (χ1v) is 4.00. The molecule has 1 nitrogen and oxygen atoms in total. The maximum Gasteiger partial charge on any atom is 0.127 e. The molecule has 0 bridgehead atoms. The first kappa shape index (κ1) is 8.68. The topological polar surface area (TPSA) is 20.2 Å². The van der Waals surface area contributed by atoms with Gasteiger partial charge in [-0.15, -0.1) is 0 Å². The maximum absolute atomic E-state index is 12.9. The van der Waals surface area contributed by atoms with Crippen molar-refractivity contribution in [3.63, 3.8) is 0 Å². The van der Waals surface area contributed by atoms with Crippen molar-refractivity contribution in [3.05, 3.63) is 33.5 Å². The molecule has 0 aromatic heterocycles. The molecule has 1 aromatic carbocycles.